The summed E-state index contributed by atoms with van der Waals surface area (Å²) in [5.41, 5.74) is 0. The van der Waals surface area contributed by atoms with Crippen LogP contribution in [-0.4, -0.2) is 75.8 Å². The summed E-state index contributed by atoms with van der Waals surface area (Å²) in [6, 6.07) is 0. The molecule has 0 aromatic carbocycles. The molecule has 2 atom stereocenters. The van der Waals surface area contributed by atoms with Crippen LogP contribution in [0.25, 0.3) is 0 Å². The van der Waals surface area contributed by atoms with Gasteiger partial charge in [-0.2, -0.15) is 0 Å². The molecule has 0 bridgehead atoms. The van der Waals surface area contributed by atoms with E-state index in [1.165, 1.54) is 44.9 Å². The van der Waals surface area contributed by atoms with Crippen molar-refractivity contribution in [1.29, 1.82) is 0 Å². The second-order valence-corrected chi connectivity index (χ2v) is 17.5. The molecule has 0 saturated carbocycles. The second kappa shape index (κ2) is 39.3. The number of ether oxygens (including phenoxy) is 2. The smallest absolute Gasteiger partial charge is 0.306 e. The second-order valence-electron chi connectivity index (χ2n) is 16.1. The van der Waals surface area contributed by atoms with Gasteiger partial charge < -0.3 is 27.9 Å². The zero-order valence-corrected chi connectivity index (χ0v) is 38.6. The summed E-state index contributed by atoms with van der Waals surface area (Å²) in [5.74, 6) is -0.851. The summed E-state index contributed by atoms with van der Waals surface area (Å²) < 4.78 is 33.8. The number of rotatable bonds is 40. The van der Waals surface area contributed by atoms with E-state index in [9.17, 15) is 23.8 Å². The highest BCUT2D eigenvalue weighted by atomic mass is 31.2. The van der Waals surface area contributed by atoms with E-state index in [0.29, 0.717) is 30.3 Å². The molecule has 10 nitrogen and oxygen atoms in total. The molecule has 11 heteroatoms. The Hall–Kier alpha value is -2.88. The van der Waals surface area contributed by atoms with Crippen molar-refractivity contribution in [1.82, 2.24) is 0 Å². The van der Waals surface area contributed by atoms with Crippen LogP contribution in [0.5, 0.6) is 0 Å². The average Bonchev–Trinajstić information content (AvgIpc) is 3.18. The number of allylic oxidation sites excluding steroid dienone is 12. The van der Waals surface area contributed by atoms with Gasteiger partial charge in [-0.25, -0.2) is 0 Å². The highest BCUT2D eigenvalue weighted by molar-refractivity contribution is 7.45. The first-order valence-corrected chi connectivity index (χ1v) is 24.1. The quantitative estimate of drug-likeness (QED) is 0.0113. The molecule has 0 fully saturated rings. The molecule has 0 aromatic heterocycles. The van der Waals surface area contributed by atoms with Crippen LogP contribution in [0.2, 0.25) is 0 Å². The molecule has 0 aliphatic rings. The zero-order valence-electron chi connectivity index (χ0n) is 37.7. The summed E-state index contributed by atoms with van der Waals surface area (Å²) in [5, 5.41) is 0. The normalized spacial score (nSPS) is 14.1. The van der Waals surface area contributed by atoms with Crippen LogP contribution in [0, 0.1) is 0 Å². The minimum Gasteiger partial charge on any atom is -0.756 e. The van der Waals surface area contributed by atoms with Crippen molar-refractivity contribution in [3.8, 4) is 0 Å². The lowest BCUT2D eigenvalue weighted by atomic mass is 10.1. The van der Waals surface area contributed by atoms with Crippen LogP contribution in [0.4, 0.5) is 0 Å². The molecule has 0 radical (unpaired) electrons. The number of ketones is 1. The Morgan fingerprint density at radius 1 is 0.576 bits per heavy atom. The van der Waals surface area contributed by atoms with Crippen molar-refractivity contribution in [3.63, 3.8) is 0 Å². The van der Waals surface area contributed by atoms with Gasteiger partial charge in [-0.05, 0) is 83.1 Å². The summed E-state index contributed by atoms with van der Waals surface area (Å²) in [6.07, 6.45) is 44.6. The monoisotopic (exact) mass is 848 g/mol. The third-order valence-corrected chi connectivity index (χ3v) is 10.1. The molecule has 338 valence electrons. The van der Waals surface area contributed by atoms with Crippen LogP contribution >= 0.6 is 7.82 Å². The number of phosphoric ester groups is 1. The maximum atomic E-state index is 12.7. The number of unbranched alkanes of at least 4 members (excludes halogenated alkanes) is 13. The third-order valence-electron chi connectivity index (χ3n) is 9.18. The first-order chi connectivity index (χ1) is 28.4. The molecular weight excluding hydrogens is 765 g/mol. The molecule has 0 aliphatic carbocycles. The summed E-state index contributed by atoms with van der Waals surface area (Å²) in [6.45, 7) is 3.95. The van der Waals surface area contributed by atoms with Gasteiger partial charge in [0.2, 0.25) is 0 Å². The predicted octanol–water partition coefficient (Wildman–Crippen LogP) is 11.6. The number of carbonyl (C=O) groups excluding carboxylic acids is 3. The lowest BCUT2D eigenvalue weighted by molar-refractivity contribution is -0.870. The van der Waals surface area contributed by atoms with Crippen LogP contribution < -0.4 is 4.89 Å². The lowest BCUT2D eigenvalue weighted by Gasteiger charge is -2.28. The Morgan fingerprint density at radius 2 is 1.07 bits per heavy atom. The molecule has 59 heavy (non-hydrogen) atoms. The van der Waals surface area contributed by atoms with Gasteiger partial charge in [0.25, 0.3) is 7.82 Å². The maximum absolute atomic E-state index is 12.7. The molecule has 0 aliphatic heterocycles. The molecule has 0 amide bonds. The molecular formula is C48H82NO9P. The van der Waals surface area contributed by atoms with E-state index in [2.05, 4.69) is 68.5 Å². The maximum Gasteiger partial charge on any atom is 0.306 e. The Balaban J connectivity index is 4.51. The van der Waals surface area contributed by atoms with Crippen molar-refractivity contribution in [3.05, 3.63) is 72.9 Å². The highest BCUT2D eigenvalue weighted by Gasteiger charge is 2.21. The SMILES string of the molecule is CCCCC/C=C\C=C\C(=O)CCCCCCCC(=O)OC[C@H](COP(=O)([O-])OCC[N+](C)(C)C)OC(=O)CCCCC/C=C\C/C=C\C/C=C\C/C=C\CCCCC. The van der Waals surface area contributed by atoms with E-state index >= 15 is 0 Å². The molecule has 0 saturated heterocycles. The summed E-state index contributed by atoms with van der Waals surface area (Å²) >= 11 is 0. The van der Waals surface area contributed by atoms with Gasteiger partial charge in [0.1, 0.15) is 19.8 Å². The van der Waals surface area contributed by atoms with Gasteiger partial charge in [-0.15, -0.1) is 0 Å². The highest BCUT2D eigenvalue weighted by Crippen LogP contribution is 2.38. The van der Waals surface area contributed by atoms with Gasteiger partial charge in [0.05, 0.1) is 27.7 Å². The Morgan fingerprint density at radius 3 is 1.64 bits per heavy atom. The molecule has 0 heterocycles. The Labute approximate surface area is 359 Å². The van der Waals surface area contributed by atoms with Crippen molar-refractivity contribution in [2.75, 3.05) is 47.5 Å². The van der Waals surface area contributed by atoms with E-state index in [1.54, 1.807) is 6.08 Å². The van der Waals surface area contributed by atoms with E-state index < -0.39 is 32.5 Å². The van der Waals surface area contributed by atoms with E-state index in [-0.39, 0.29) is 31.8 Å². The minimum atomic E-state index is -4.67. The number of hydrogen-bond donors (Lipinski definition) is 0. The van der Waals surface area contributed by atoms with Crippen LogP contribution in [-0.2, 0) is 37.5 Å². The fourth-order valence-electron chi connectivity index (χ4n) is 5.56. The number of quaternary nitrogens is 1. The van der Waals surface area contributed by atoms with Crippen LogP contribution in [0.15, 0.2) is 72.9 Å². The molecule has 0 aromatic rings. The van der Waals surface area contributed by atoms with Crippen molar-refractivity contribution < 1.29 is 46.8 Å². The molecule has 0 rings (SSSR count). The number of hydrogen-bond acceptors (Lipinski definition) is 9. The average molecular weight is 848 g/mol. The van der Waals surface area contributed by atoms with Crippen molar-refractivity contribution in [2.45, 2.75) is 168 Å². The van der Waals surface area contributed by atoms with Gasteiger partial charge in [0, 0.05) is 19.3 Å². The number of carbonyl (C=O) groups is 3. The van der Waals surface area contributed by atoms with Crippen LogP contribution in [0.3, 0.4) is 0 Å². The number of nitrogens with zero attached hydrogens (tertiary/aromatic N) is 1. The van der Waals surface area contributed by atoms with Crippen molar-refractivity contribution >= 4 is 25.5 Å². The first kappa shape index (κ1) is 56.1. The van der Waals surface area contributed by atoms with Crippen LogP contribution in [0.1, 0.15) is 162 Å². The summed E-state index contributed by atoms with van der Waals surface area (Å²) in [4.78, 5) is 49.6. The predicted molar refractivity (Wildman–Crippen MR) is 241 cm³/mol. The fraction of sp³-hybridized carbons (Fsp3) is 0.688. The Kier molecular flexibility index (Phi) is 37.4. The van der Waals surface area contributed by atoms with Gasteiger partial charge in [-0.1, -0.05) is 132 Å². The standard InChI is InChI=1S/C48H82NO9P/c1-6-8-10-12-14-15-16-17-18-19-20-21-22-23-24-25-27-31-36-40-48(52)58-46(44-57-59(53,54)56-42-41-49(3,4)5)43-55-47(51)39-35-32-28-30-34-38-45(50)37-33-29-26-13-11-9-7-2/h14-15,17-18,20-21,23-24,26,29,33,37,46H,6-13,16,19,22,25,27-28,30-32,34-36,38-44H2,1-5H3/b15-14-,18-17-,21-20-,24-23-,29-26-,37-33+/t46-/m1/s1. The minimum absolute atomic E-state index is 0.0605. The van der Waals surface area contributed by atoms with Gasteiger partial charge in [0.15, 0.2) is 11.9 Å². The van der Waals surface area contributed by atoms with E-state index in [0.717, 1.165) is 70.6 Å². The topological polar surface area (TPSA) is 128 Å². The zero-order chi connectivity index (χ0) is 43.7. The fourth-order valence-corrected chi connectivity index (χ4v) is 6.29. The van der Waals surface area contributed by atoms with Crippen molar-refractivity contribution in [2.24, 2.45) is 0 Å². The number of phosphoric acid groups is 1. The van der Waals surface area contributed by atoms with Gasteiger partial charge >= 0.3 is 11.9 Å². The largest absolute Gasteiger partial charge is 0.756 e. The van der Waals surface area contributed by atoms with E-state index in [4.69, 9.17) is 18.5 Å². The number of esters is 2. The molecule has 1 unspecified atom stereocenters. The molecule has 0 spiro atoms. The molecule has 0 N–H and O–H groups in total. The third kappa shape index (κ3) is 43.0. The van der Waals surface area contributed by atoms with E-state index in [1.807, 2.05) is 33.3 Å². The van der Waals surface area contributed by atoms with Gasteiger partial charge in [-0.3, -0.25) is 18.9 Å². The number of likely N-dealkylation sites (N-methyl/N-ethyl adjacent to an activating group) is 1. The first-order valence-electron chi connectivity index (χ1n) is 22.6. The summed E-state index contributed by atoms with van der Waals surface area (Å²) in [7, 11) is 1.06. The Bertz CT molecular complexity index is 1300. The lowest BCUT2D eigenvalue weighted by Crippen LogP contribution is -2.37.